The highest BCUT2D eigenvalue weighted by Gasteiger charge is 2.31. The van der Waals surface area contributed by atoms with Crippen LogP contribution in [0.4, 0.5) is 0 Å². The van der Waals surface area contributed by atoms with E-state index in [2.05, 4.69) is 34.9 Å². The first-order chi connectivity index (χ1) is 18.6. The van der Waals surface area contributed by atoms with Gasteiger partial charge in [0.25, 0.3) is 0 Å². The predicted octanol–water partition coefficient (Wildman–Crippen LogP) is 5.08. The molecule has 2 atom stereocenters. The molecule has 5 heteroatoms. The molecule has 3 N–H and O–H groups in total. The molecule has 0 saturated carbocycles. The number of carbonyl (C=O) groups excluding carboxylic acids is 1. The van der Waals surface area contributed by atoms with Crippen LogP contribution in [0.3, 0.4) is 0 Å². The first kappa shape index (κ1) is 25.7. The number of ether oxygens (including phenoxy) is 1. The zero-order valence-electron chi connectivity index (χ0n) is 21.6. The minimum atomic E-state index is -0.767. The third-order valence-electron chi connectivity index (χ3n) is 7.32. The second kappa shape index (κ2) is 12.1. The molecule has 194 valence electrons. The highest BCUT2D eigenvalue weighted by molar-refractivity contribution is 5.84. The van der Waals surface area contributed by atoms with Gasteiger partial charge in [-0.2, -0.15) is 0 Å². The Hall–Kier alpha value is -3.93. The maximum Gasteiger partial charge on any atom is 0.221 e. The molecule has 1 aliphatic carbocycles. The summed E-state index contributed by atoms with van der Waals surface area (Å²) >= 11 is 0. The lowest BCUT2D eigenvalue weighted by Gasteiger charge is -2.26. The average molecular weight is 507 g/mol. The van der Waals surface area contributed by atoms with Crippen molar-refractivity contribution >= 4 is 5.91 Å². The van der Waals surface area contributed by atoms with E-state index < -0.39 is 12.1 Å². The molecule has 0 fully saturated rings. The predicted molar refractivity (Wildman–Crippen MR) is 151 cm³/mol. The molecule has 0 aliphatic heterocycles. The quantitative estimate of drug-likeness (QED) is 0.266. The van der Waals surface area contributed by atoms with E-state index in [-0.39, 0.29) is 11.8 Å². The van der Waals surface area contributed by atoms with Crippen LogP contribution in [0.25, 0.3) is 11.1 Å². The maximum absolute atomic E-state index is 13.4. The first-order valence-corrected chi connectivity index (χ1v) is 13.2. The number of amides is 1. The number of hydrogen-bond acceptors (Lipinski definition) is 4. The Bertz CT molecular complexity index is 1330. The molecule has 0 spiro atoms. The standard InChI is InChI=1S/C33H34N2O3/c1-38-32-18-10-5-13-24(32)21-34-22-31(36)30(19-23-11-3-2-4-12-23)35-33(37)20-29-27-16-8-6-14-25(27)26-15-7-9-17-28(26)29/h2-18,29-31,34,36H,19-22H2,1H3,(H,35,37)/t30-,31+/m0/s1. The molecule has 0 bridgehead atoms. The molecule has 4 aromatic carbocycles. The fourth-order valence-corrected chi connectivity index (χ4v) is 5.43. The number of para-hydroxylation sites is 1. The summed E-state index contributed by atoms with van der Waals surface area (Å²) < 4.78 is 5.44. The monoisotopic (exact) mass is 506 g/mol. The Labute approximate surface area is 224 Å². The summed E-state index contributed by atoms with van der Waals surface area (Å²) in [7, 11) is 1.65. The molecule has 0 radical (unpaired) electrons. The van der Waals surface area contributed by atoms with E-state index in [9.17, 15) is 9.90 Å². The van der Waals surface area contributed by atoms with Gasteiger partial charge in [0.1, 0.15) is 5.75 Å². The molecule has 0 unspecified atom stereocenters. The van der Waals surface area contributed by atoms with Crippen LogP contribution in [0.2, 0.25) is 0 Å². The van der Waals surface area contributed by atoms with E-state index in [1.165, 1.54) is 22.3 Å². The van der Waals surface area contributed by atoms with Gasteiger partial charge in [-0.25, -0.2) is 0 Å². The van der Waals surface area contributed by atoms with Gasteiger partial charge in [0.15, 0.2) is 0 Å². The van der Waals surface area contributed by atoms with Crippen molar-refractivity contribution in [3.8, 4) is 16.9 Å². The number of nitrogens with one attached hydrogen (secondary N) is 2. The number of methoxy groups -OCH3 is 1. The van der Waals surface area contributed by atoms with Crippen LogP contribution < -0.4 is 15.4 Å². The molecule has 1 aliphatic rings. The van der Waals surface area contributed by atoms with Gasteiger partial charge in [0, 0.05) is 31.0 Å². The minimum Gasteiger partial charge on any atom is -0.496 e. The van der Waals surface area contributed by atoms with Gasteiger partial charge in [0.05, 0.1) is 19.3 Å². The lowest BCUT2D eigenvalue weighted by atomic mass is 9.92. The van der Waals surface area contributed by atoms with Crippen molar-refractivity contribution in [3.63, 3.8) is 0 Å². The van der Waals surface area contributed by atoms with Crippen molar-refractivity contribution in [1.82, 2.24) is 10.6 Å². The number of rotatable bonds is 11. The molecule has 4 aromatic rings. The zero-order chi connectivity index (χ0) is 26.3. The van der Waals surface area contributed by atoms with E-state index in [0.29, 0.717) is 25.9 Å². The van der Waals surface area contributed by atoms with Crippen LogP contribution in [0.5, 0.6) is 5.75 Å². The molecule has 5 rings (SSSR count). The van der Waals surface area contributed by atoms with Gasteiger partial charge in [-0.05, 0) is 40.3 Å². The zero-order valence-corrected chi connectivity index (χ0v) is 21.6. The van der Waals surface area contributed by atoms with Crippen LogP contribution in [-0.2, 0) is 17.8 Å². The number of fused-ring (bicyclic) bond motifs is 3. The van der Waals surface area contributed by atoms with Crippen LogP contribution in [0, 0.1) is 0 Å². The third kappa shape index (κ3) is 5.80. The third-order valence-corrected chi connectivity index (χ3v) is 7.32. The summed E-state index contributed by atoms with van der Waals surface area (Å²) in [5.74, 6) is 0.743. The van der Waals surface area contributed by atoms with Crippen LogP contribution in [0.15, 0.2) is 103 Å². The summed E-state index contributed by atoms with van der Waals surface area (Å²) in [6.45, 7) is 0.896. The highest BCUT2D eigenvalue weighted by atomic mass is 16.5. The molecular weight excluding hydrogens is 472 g/mol. The SMILES string of the molecule is COc1ccccc1CNC[C@@H](O)[C@H](Cc1ccccc1)NC(=O)CC1c2ccccc2-c2ccccc21. The van der Waals surface area contributed by atoms with Gasteiger partial charge >= 0.3 is 0 Å². The number of aliphatic hydroxyl groups excluding tert-OH is 1. The lowest BCUT2D eigenvalue weighted by Crippen LogP contribution is -2.48. The topological polar surface area (TPSA) is 70.6 Å². The van der Waals surface area contributed by atoms with Gasteiger partial charge in [-0.15, -0.1) is 0 Å². The molecule has 1 amide bonds. The van der Waals surface area contributed by atoms with E-state index in [1.807, 2.05) is 78.9 Å². The van der Waals surface area contributed by atoms with Crippen molar-refractivity contribution in [3.05, 3.63) is 125 Å². The Balaban J connectivity index is 1.28. The van der Waals surface area contributed by atoms with Gasteiger partial charge < -0.3 is 20.5 Å². The van der Waals surface area contributed by atoms with E-state index in [4.69, 9.17) is 4.74 Å². The summed E-state index contributed by atoms with van der Waals surface area (Å²) in [6, 6.07) is 34.0. The number of carbonyl (C=O) groups is 1. The number of aliphatic hydroxyl groups is 1. The normalized spacial score (nSPS) is 13.8. The molecule has 0 aromatic heterocycles. The van der Waals surface area contributed by atoms with Gasteiger partial charge in [-0.1, -0.05) is 97.1 Å². The average Bonchev–Trinajstić information content (AvgIpc) is 3.27. The second-order valence-electron chi connectivity index (χ2n) is 9.81. The minimum absolute atomic E-state index is 0.000545. The van der Waals surface area contributed by atoms with Crippen LogP contribution >= 0.6 is 0 Å². The van der Waals surface area contributed by atoms with Crippen molar-refractivity contribution in [2.45, 2.75) is 37.5 Å². The summed E-state index contributed by atoms with van der Waals surface area (Å²) in [6.07, 6.45) is 0.111. The smallest absolute Gasteiger partial charge is 0.221 e. The lowest BCUT2D eigenvalue weighted by molar-refractivity contribution is -0.122. The van der Waals surface area contributed by atoms with Crippen LogP contribution in [0.1, 0.15) is 34.6 Å². The van der Waals surface area contributed by atoms with Crippen molar-refractivity contribution in [1.29, 1.82) is 0 Å². The fraction of sp³-hybridized carbons (Fsp3) is 0.242. The summed E-state index contributed by atoms with van der Waals surface area (Å²) in [5, 5.41) is 17.7. The fourth-order valence-electron chi connectivity index (χ4n) is 5.43. The van der Waals surface area contributed by atoms with Gasteiger partial charge in [0.2, 0.25) is 5.91 Å². The van der Waals surface area contributed by atoms with Crippen LogP contribution in [-0.4, -0.2) is 36.8 Å². The van der Waals surface area contributed by atoms with E-state index in [0.717, 1.165) is 16.9 Å². The molecule has 0 saturated heterocycles. The van der Waals surface area contributed by atoms with Crippen molar-refractivity contribution in [2.24, 2.45) is 0 Å². The van der Waals surface area contributed by atoms with E-state index >= 15 is 0 Å². The Morgan fingerprint density at radius 1 is 0.842 bits per heavy atom. The molecule has 0 heterocycles. The Morgan fingerprint density at radius 2 is 1.45 bits per heavy atom. The molecule has 38 heavy (non-hydrogen) atoms. The van der Waals surface area contributed by atoms with Crippen molar-refractivity contribution < 1.29 is 14.6 Å². The Kier molecular flexibility index (Phi) is 8.17. The van der Waals surface area contributed by atoms with E-state index in [1.54, 1.807) is 7.11 Å². The largest absolute Gasteiger partial charge is 0.496 e. The second-order valence-corrected chi connectivity index (χ2v) is 9.81. The Morgan fingerprint density at radius 3 is 2.13 bits per heavy atom. The number of hydrogen-bond donors (Lipinski definition) is 3. The maximum atomic E-state index is 13.4. The molecular formula is C33H34N2O3. The summed E-state index contributed by atoms with van der Waals surface area (Å²) in [4.78, 5) is 13.4. The number of benzene rings is 4. The molecule has 5 nitrogen and oxygen atoms in total. The summed E-state index contributed by atoms with van der Waals surface area (Å²) in [5.41, 5.74) is 6.84. The highest BCUT2D eigenvalue weighted by Crippen LogP contribution is 2.46. The van der Waals surface area contributed by atoms with Gasteiger partial charge in [-0.3, -0.25) is 4.79 Å². The van der Waals surface area contributed by atoms with Crippen molar-refractivity contribution in [2.75, 3.05) is 13.7 Å². The first-order valence-electron chi connectivity index (χ1n) is 13.2.